The third kappa shape index (κ3) is 1.67. The molecular weight excluding hydrogens is 225 g/mol. The van der Waals surface area contributed by atoms with Crippen LogP contribution in [0.3, 0.4) is 0 Å². The Morgan fingerprint density at radius 2 is 1.88 bits per heavy atom. The van der Waals surface area contributed by atoms with E-state index in [-0.39, 0.29) is 0 Å². The first-order valence-corrected chi connectivity index (χ1v) is 5.14. The molecule has 0 bridgehead atoms. The second-order valence-electron chi connectivity index (χ2n) is 3.68. The monoisotopic (exact) mass is 235 g/mol. The summed E-state index contributed by atoms with van der Waals surface area (Å²) < 4.78 is 24.5. The Bertz CT molecular complexity index is 568. The number of aromatic nitrogens is 2. The van der Waals surface area contributed by atoms with Crippen molar-refractivity contribution in [3.63, 3.8) is 0 Å². The van der Waals surface area contributed by atoms with Gasteiger partial charge in [-0.25, -0.2) is 4.39 Å². The first-order valence-electron chi connectivity index (χ1n) is 5.14. The van der Waals surface area contributed by atoms with Gasteiger partial charge >= 0.3 is 0 Å². The van der Waals surface area contributed by atoms with Crippen LogP contribution in [0.2, 0.25) is 0 Å². The number of nitrogens with one attached hydrogen (secondary N) is 1. The molecule has 2 heterocycles. The molecule has 0 radical (unpaired) electrons. The van der Waals surface area contributed by atoms with Crippen LogP contribution in [0, 0.1) is 5.82 Å². The van der Waals surface area contributed by atoms with Crippen molar-refractivity contribution in [1.82, 2.24) is 10.2 Å². The maximum Gasteiger partial charge on any atom is 0.164 e. The molecule has 0 amide bonds. The number of nitrogen functional groups attached to an aromatic ring is 1. The number of nitrogens with two attached hydrogens (primary N) is 1. The zero-order valence-electron chi connectivity index (χ0n) is 8.87. The summed E-state index contributed by atoms with van der Waals surface area (Å²) in [5.74, 6) is 0.859. The molecule has 0 saturated heterocycles. The number of hydrogen-bond donors (Lipinski definition) is 2. The van der Waals surface area contributed by atoms with Crippen molar-refractivity contribution in [2.24, 2.45) is 0 Å². The molecule has 17 heavy (non-hydrogen) atoms. The van der Waals surface area contributed by atoms with Gasteiger partial charge in [-0.3, -0.25) is 5.10 Å². The van der Waals surface area contributed by atoms with Crippen LogP contribution in [-0.2, 0) is 0 Å². The number of ether oxygens (including phenoxy) is 2. The molecule has 6 heteroatoms. The fraction of sp³-hybridized carbons (Fsp3) is 0.182. The SMILES string of the molecule is Nc1cc(-c2cc3c(cc2F)OCCO3)[nH]n1. The Labute approximate surface area is 96.3 Å². The van der Waals surface area contributed by atoms with E-state index < -0.39 is 5.82 Å². The van der Waals surface area contributed by atoms with E-state index >= 15 is 0 Å². The average Bonchev–Trinajstić information content (AvgIpc) is 2.75. The summed E-state index contributed by atoms with van der Waals surface area (Å²) in [6, 6.07) is 4.45. The summed E-state index contributed by atoms with van der Waals surface area (Å²) >= 11 is 0. The highest BCUT2D eigenvalue weighted by molar-refractivity contribution is 5.66. The largest absolute Gasteiger partial charge is 0.486 e. The van der Waals surface area contributed by atoms with Gasteiger partial charge in [0.1, 0.15) is 24.8 Å². The van der Waals surface area contributed by atoms with Gasteiger partial charge in [0.05, 0.1) is 5.69 Å². The highest BCUT2D eigenvalue weighted by atomic mass is 19.1. The van der Waals surface area contributed by atoms with Crippen molar-refractivity contribution in [2.45, 2.75) is 0 Å². The molecule has 2 aromatic rings. The minimum Gasteiger partial charge on any atom is -0.486 e. The molecule has 0 aliphatic carbocycles. The van der Waals surface area contributed by atoms with E-state index in [1.54, 1.807) is 12.1 Å². The van der Waals surface area contributed by atoms with E-state index in [1.165, 1.54) is 6.07 Å². The zero-order valence-corrected chi connectivity index (χ0v) is 8.87. The number of benzene rings is 1. The molecule has 3 rings (SSSR count). The number of H-pyrrole nitrogens is 1. The van der Waals surface area contributed by atoms with Gasteiger partial charge in [0.2, 0.25) is 0 Å². The lowest BCUT2D eigenvalue weighted by Gasteiger charge is -2.19. The third-order valence-corrected chi connectivity index (χ3v) is 2.52. The molecule has 0 atom stereocenters. The average molecular weight is 235 g/mol. The summed E-state index contributed by atoms with van der Waals surface area (Å²) in [6.07, 6.45) is 0. The molecule has 0 fully saturated rings. The van der Waals surface area contributed by atoms with Crippen LogP contribution in [0.1, 0.15) is 0 Å². The number of hydrogen-bond acceptors (Lipinski definition) is 4. The van der Waals surface area contributed by atoms with Gasteiger partial charge in [-0.2, -0.15) is 5.10 Å². The maximum absolute atomic E-state index is 13.8. The Morgan fingerprint density at radius 3 is 2.53 bits per heavy atom. The topological polar surface area (TPSA) is 73.2 Å². The minimum atomic E-state index is -0.405. The van der Waals surface area contributed by atoms with Crippen molar-refractivity contribution >= 4 is 5.82 Å². The number of fused-ring (bicyclic) bond motifs is 1. The maximum atomic E-state index is 13.8. The van der Waals surface area contributed by atoms with Crippen LogP contribution < -0.4 is 15.2 Å². The van der Waals surface area contributed by atoms with Crippen LogP contribution in [0.5, 0.6) is 11.5 Å². The fourth-order valence-corrected chi connectivity index (χ4v) is 1.75. The van der Waals surface area contributed by atoms with Crippen LogP contribution in [0.4, 0.5) is 10.2 Å². The Balaban J connectivity index is 2.11. The van der Waals surface area contributed by atoms with Gasteiger partial charge in [-0.15, -0.1) is 0 Å². The highest BCUT2D eigenvalue weighted by Gasteiger charge is 2.17. The molecule has 5 nitrogen and oxygen atoms in total. The lowest BCUT2D eigenvalue weighted by atomic mass is 10.1. The van der Waals surface area contributed by atoms with Crippen molar-refractivity contribution in [3.8, 4) is 22.8 Å². The van der Waals surface area contributed by atoms with Gasteiger partial charge in [-0.1, -0.05) is 0 Å². The van der Waals surface area contributed by atoms with Crippen LogP contribution in [0.25, 0.3) is 11.3 Å². The third-order valence-electron chi connectivity index (χ3n) is 2.52. The summed E-state index contributed by atoms with van der Waals surface area (Å²) in [5, 5.41) is 6.42. The normalized spacial score (nSPS) is 13.7. The smallest absolute Gasteiger partial charge is 0.164 e. The van der Waals surface area contributed by atoms with Crippen molar-refractivity contribution in [3.05, 3.63) is 24.0 Å². The summed E-state index contributed by atoms with van der Waals surface area (Å²) in [4.78, 5) is 0. The summed E-state index contributed by atoms with van der Waals surface area (Å²) in [7, 11) is 0. The molecule has 1 aromatic heterocycles. The van der Waals surface area contributed by atoms with Gasteiger partial charge in [0.25, 0.3) is 0 Å². The molecule has 0 saturated carbocycles. The second kappa shape index (κ2) is 3.65. The summed E-state index contributed by atoms with van der Waals surface area (Å²) in [6.45, 7) is 0.895. The van der Waals surface area contributed by atoms with E-state index in [2.05, 4.69) is 10.2 Å². The van der Waals surface area contributed by atoms with Crippen molar-refractivity contribution < 1.29 is 13.9 Å². The minimum absolute atomic E-state index is 0.314. The van der Waals surface area contributed by atoms with Crippen LogP contribution in [-0.4, -0.2) is 23.4 Å². The number of nitrogens with zero attached hydrogens (tertiary/aromatic N) is 1. The molecule has 1 aliphatic heterocycles. The lowest BCUT2D eigenvalue weighted by molar-refractivity contribution is 0.171. The predicted octanol–water partition coefficient (Wildman–Crippen LogP) is 1.57. The molecule has 0 unspecified atom stereocenters. The van der Waals surface area contributed by atoms with E-state index in [9.17, 15) is 4.39 Å². The van der Waals surface area contributed by atoms with Gasteiger partial charge in [0, 0.05) is 17.7 Å². The van der Waals surface area contributed by atoms with Gasteiger partial charge in [0.15, 0.2) is 11.5 Å². The standard InChI is InChI=1S/C11H10FN3O2/c12-7-4-10-9(16-1-2-17-10)3-6(7)8-5-11(13)15-14-8/h3-5H,1-2H2,(H3,13,14,15). The predicted molar refractivity (Wildman–Crippen MR) is 59.4 cm³/mol. The number of anilines is 1. The molecule has 88 valence electrons. The number of aromatic amines is 1. The first-order chi connectivity index (χ1) is 8.24. The Morgan fingerprint density at radius 1 is 1.18 bits per heavy atom. The van der Waals surface area contributed by atoms with E-state index in [0.717, 1.165) is 0 Å². The lowest BCUT2D eigenvalue weighted by Crippen LogP contribution is -2.15. The molecule has 1 aliphatic rings. The van der Waals surface area contributed by atoms with Crippen molar-refractivity contribution in [2.75, 3.05) is 18.9 Å². The zero-order chi connectivity index (χ0) is 11.8. The molecular formula is C11H10FN3O2. The van der Waals surface area contributed by atoms with Gasteiger partial charge in [-0.05, 0) is 6.07 Å². The van der Waals surface area contributed by atoms with Crippen LogP contribution >= 0.6 is 0 Å². The van der Waals surface area contributed by atoms with Gasteiger partial charge < -0.3 is 15.2 Å². The van der Waals surface area contributed by atoms with Crippen molar-refractivity contribution in [1.29, 1.82) is 0 Å². The fourth-order valence-electron chi connectivity index (χ4n) is 1.75. The molecule has 0 spiro atoms. The first kappa shape index (κ1) is 9.95. The molecule has 1 aromatic carbocycles. The Hall–Kier alpha value is -2.24. The summed E-state index contributed by atoms with van der Waals surface area (Å²) in [5.41, 5.74) is 6.35. The second-order valence-corrected chi connectivity index (χ2v) is 3.68. The van der Waals surface area contributed by atoms with E-state index in [0.29, 0.717) is 41.8 Å². The number of halogens is 1. The van der Waals surface area contributed by atoms with E-state index in [4.69, 9.17) is 15.2 Å². The molecule has 3 N–H and O–H groups in total. The quantitative estimate of drug-likeness (QED) is 0.786. The number of rotatable bonds is 1. The highest BCUT2D eigenvalue weighted by Crippen LogP contribution is 2.36. The van der Waals surface area contributed by atoms with E-state index in [1.807, 2.05) is 0 Å². The van der Waals surface area contributed by atoms with Crippen LogP contribution in [0.15, 0.2) is 18.2 Å². The Kier molecular flexibility index (Phi) is 2.14.